The van der Waals surface area contributed by atoms with Gasteiger partial charge in [0.1, 0.15) is 5.15 Å². The van der Waals surface area contributed by atoms with Crippen molar-refractivity contribution in [1.29, 1.82) is 0 Å². The Morgan fingerprint density at radius 1 is 1.23 bits per heavy atom. The Hall–Kier alpha value is -0.990. The number of aromatic nitrogens is 1. The Bertz CT molecular complexity index is 468. The Morgan fingerprint density at radius 2 is 2.00 bits per heavy atom. The number of para-hydroxylation sites is 1. The Labute approximate surface area is 85.3 Å². The summed E-state index contributed by atoms with van der Waals surface area (Å²) in [6.45, 7) is 0. The van der Waals surface area contributed by atoms with Gasteiger partial charge in [-0.2, -0.15) is 0 Å². The van der Waals surface area contributed by atoms with E-state index in [-0.39, 0.29) is 5.15 Å². The third kappa shape index (κ3) is 1.43. The summed E-state index contributed by atoms with van der Waals surface area (Å²) in [4.78, 5) is 4.08. The number of nitrogen functional groups attached to an aromatic ring is 1. The molecule has 2 nitrogen and oxygen atoms in total. The molecule has 0 radical (unpaired) electrons. The monoisotopic (exact) mass is 212 g/mol. The lowest BCUT2D eigenvalue weighted by Gasteiger charge is -2.02. The quantitative estimate of drug-likeness (QED) is 0.539. The normalized spacial score (nSPS) is 10.6. The molecule has 1 heterocycles. The number of rotatable bonds is 0. The first-order valence-electron chi connectivity index (χ1n) is 3.69. The minimum atomic E-state index is 0.284. The van der Waals surface area contributed by atoms with Crippen molar-refractivity contribution in [2.24, 2.45) is 0 Å². The molecule has 4 heteroatoms. The Kier molecular flexibility index (Phi) is 2.02. The van der Waals surface area contributed by atoms with E-state index in [1.807, 2.05) is 12.1 Å². The van der Waals surface area contributed by atoms with Crippen LogP contribution >= 0.6 is 23.2 Å². The zero-order valence-electron chi connectivity index (χ0n) is 6.59. The predicted octanol–water partition coefficient (Wildman–Crippen LogP) is 3.12. The molecular formula is C9H6Cl2N2. The number of benzene rings is 1. The number of fused-ring (bicyclic) bond motifs is 1. The van der Waals surface area contributed by atoms with Gasteiger partial charge in [0.2, 0.25) is 0 Å². The van der Waals surface area contributed by atoms with Crippen LogP contribution in [0.25, 0.3) is 10.9 Å². The van der Waals surface area contributed by atoms with E-state index < -0.39 is 0 Å². The molecule has 0 aliphatic rings. The first-order chi connectivity index (χ1) is 6.18. The van der Waals surface area contributed by atoms with Gasteiger partial charge in [0.15, 0.2) is 0 Å². The van der Waals surface area contributed by atoms with Gasteiger partial charge in [-0.05, 0) is 12.1 Å². The molecule has 1 aromatic heterocycles. The number of nitrogens with two attached hydrogens (primary N) is 1. The minimum Gasteiger partial charge on any atom is -0.397 e. The number of hydrogen-bond donors (Lipinski definition) is 1. The fraction of sp³-hybridized carbons (Fsp3) is 0. The molecule has 0 unspecified atom stereocenters. The molecule has 1 aromatic carbocycles. The van der Waals surface area contributed by atoms with Crippen LogP contribution in [0.4, 0.5) is 5.69 Å². The van der Waals surface area contributed by atoms with Gasteiger partial charge in [0.05, 0.1) is 16.2 Å². The molecule has 13 heavy (non-hydrogen) atoms. The van der Waals surface area contributed by atoms with E-state index in [1.165, 1.54) is 0 Å². The molecule has 0 spiro atoms. The maximum atomic E-state index is 5.80. The van der Waals surface area contributed by atoms with Crippen molar-refractivity contribution < 1.29 is 0 Å². The van der Waals surface area contributed by atoms with Crippen LogP contribution in [0, 0.1) is 0 Å². The van der Waals surface area contributed by atoms with Gasteiger partial charge in [0, 0.05) is 5.39 Å². The average molecular weight is 213 g/mol. The molecule has 0 saturated carbocycles. The third-order valence-corrected chi connectivity index (χ3v) is 2.46. The highest BCUT2D eigenvalue weighted by atomic mass is 35.5. The summed E-state index contributed by atoms with van der Waals surface area (Å²) in [5.41, 5.74) is 7.01. The lowest BCUT2D eigenvalue weighted by Crippen LogP contribution is -1.89. The summed E-state index contributed by atoms with van der Waals surface area (Å²) in [6, 6.07) is 7.27. The molecule has 0 fully saturated rings. The van der Waals surface area contributed by atoms with Gasteiger partial charge in [-0.15, -0.1) is 0 Å². The van der Waals surface area contributed by atoms with Crippen molar-refractivity contribution in [2.45, 2.75) is 0 Å². The van der Waals surface area contributed by atoms with Crippen molar-refractivity contribution in [3.05, 3.63) is 34.4 Å². The summed E-state index contributed by atoms with van der Waals surface area (Å²) < 4.78 is 0. The smallest absolute Gasteiger partial charge is 0.148 e. The summed E-state index contributed by atoms with van der Waals surface area (Å²) in [5.74, 6) is 0. The van der Waals surface area contributed by atoms with Crippen LogP contribution in [-0.2, 0) is 0 Å². The van der Waals surface area contributed by atoms with Crippen LogP contribution in [0.15, 0.2) is 24.3 Å². The number of hydrogen-bond acceptors (Lipinski definition) is 2. The van der Waals surface area contributed by atoms with E-state index in [9.17, 15) is 0 Å². The van der Waals surface area contributed by atoms with Gasteiger partial charge < -0.3 is 5.73 Å². The fourth-order valence-electron chi connectivity index (χ4n) is 1.17. The summed E-state index contributed by atoms with van der Waals surface area (Å²) in [7, 11) is 0. The molecule has 0 amide bonds. The topological polar surface area (TPSA) is 38.9 Å². The summed E-state index contributed by atoms with van der Waals surface area (Å²) in [5, 5.41) is 1.63. The molecule has 0 aliphatic heterocycles. The maximum absolute atomic E-state index is 5.80. The van der Waals surface area contributed by atoms with Crippen LogP contribution in [0.3, 0.4) is 0 Å². The van der Waals surface area contributed by atoms with Crippen molar-refractivity contribution in [1.82, 2.24) is 4.98 Å². The van der Waals surface area contributed by atoms with Gasteiger partial charge in [-0.1, -0.05) is 35.3 Å². The van der Waals surface area contributed by atoms with Crippen LogP contribution in [0.2, 0.25) is 10.2 Å². The second-order valence-corrected chi connectivity index (χ2v) is 3.45. The molecule has 2 aromatic rings. The first kappa shape index (κ1) is 8.60. The van der Waals surface area contributed by atoms with Crippen molar-refractivity contribution >= 4 is 39.8 Å². The highest BCUT2D eigenvalue weighted by Gasteiger charge is 2.03. The maximum Gasteiger partial charge on any atom is 0.148 e. The largest absolute Gasteiger partial charge is 0.397 e. The molecular weight excluding hydrogens is 207 g/mol. The van der Waals surface area contributed by atoms with Gasteiger partial charge in [0.25, 0.3) is 0 Å². The van der Waals surface area contributed by atoms with E-state index in [1.54, 1.807) is 12.1 Å². The highest BCUT2D eigenvalue weighted by molar-refractivity contribution is 6.41. The number of pyridine rings is 1. The average Bonchev–Trinajstić information content (AvgIpc) is 2.09. The second kappa shape index (κ2) is 3.05. The van der Waals surface area contributed by atoms with Crippen molar-refractivity contribution in [3.8, 4) is 0 Å². The van der Waals surface area contributed by atoms with E-state index >= 15 is 0 Å². The zero-order chi connectivity index (χ0) is 9.42. The molecule has 2 rings (SSSR count). The fourth-order valence-corrected chi connectivity index (χ4v) is 1.47. The van der Waals surface area contributed by atoms with Crippen molar-refractivity contribution in [2.75, 3.05) is 5.73 Å². The molecule has 0 saturated heterocycles. The molecule has 0 aliphatic carbocycles. The predicted molar refractivity (Wildman–Crippen MR) is 56.2 cm³/mol. The second-order valence-electron chi connectivity index (χ2n) is 2.68. The minimum absolute atomic E-state index is 0.284. The van der Waals surface area contributed by atoms with Gasteiger partial charge in [-0.3, -0.25) is 0 Å². The lowest BCUT2D eigenvalue weighted by atomic mass is 10.2. The number of nitrogens with zero attached hydrogens (tertiary/aromatic N) is 1. The summed E-state index contributed by atoms with van der Waals surface area (Å²) >= 11 is 11.6. The lowest BCUT2D eigenvalue weighted by molar-refractivity contribution is 1.41. The van der Waals surface area contributed by atoms with Gasteiger partial charge >= 0.3 is 0 Å². The SMILES string of the molecule is Nc1cccc2cc(Cl)c(Cl)nc12. The summed E-state index contributed by atoms with van der Waals surface area (Å²) in [6.07, 6.45) is 0. The number of anilines is 1. The zero-order valence-corrected chi connectivity index (χ0v) is 8.10. The van der Waals surface area contributed by atoms with Crippen molar-refractivity contribution in [3.63, 3.8) is 0 Å². The molecule has 66 valence electrons. The highest BCUT2D eigenvalue weighted by Crippen LogP contribution is 2.27. The molecule has 0 atom stereocenters. The van der Waals surface area contributed by atoms with Gasteiger partial charge in [-0.25, -0.2) is 4.98 Å². The Morgan fingerprint density at radius 3 is 2.77 bits per heavy atom. The molecule has 2 N–H and O–H groups in total. The van der Waals surface area contributed by atoms with E-state index in [2.05, 4.69) is 4.98 Å². The third-order valence-electron chi connectivity index (χ3n) is 1.79. The van der Waals surface area contributed by atoms with E-state index in [4.69, 9.17) is 28.9 Å². The standard InChI is InChI=1S/C9H6Cl2N2/c10-6-4-5-2-1-3-7(12)8(5)13-9(6)11/h1-4H,12H2. The van der Waals surface area contributed by atoms with Crippen LogP contribution < -0.4 is 5.73 Å². The number of halogens is 2. The molecule has 0 bridgehead atoms. The van der Waals surface area contributed by atoms with E-state index in [0.29, 0.717) is 16.2 Å². The van der Waals surface area contributed by atoms with E-state index in [0.717, 1.165) is 5.39 Å². The van der Waals surface area contributed by atoms with Crippen LogP contribution in [-0.4, -0.2) is 4.98 Å². The van der Waals surface area contributed by atoms with Crippen LogP contribution in [0.1, 0.15) is 0 Å². The van der Waals surface area contributed by atoms with Crippen LogP contribution in [0.5, 0.6) is 0 Å². The first-order valence-corrected chi connectivity index (χ1v) is 4.44. The Balaban J connectivity index is 2.89.